The van der Waals surface area contributed by atoms with Gasteiger partial charge in [-0.15, -0.1) is 0 Å². The third-order valence-corrected chi connectivity index (χ3v) is 2.19. The zero-order chi connectivity index (χ0) is 11.8. The predicted octanol–water partition coefficient (Wildman–Crippen LogP) is 2.64. The lowest BCUT2D eigenvalue weighted by Gasteiger charge is -2.05. The second-order valence-corrected chi connectivity index (χ2v) is 3.70. The van der Waals surface area contributed by atoms with Gasteiger partial charge in [-0.1, -0.05) is 12.1 Å². The Hall–Kier alpha value is -1.64. The number of hydrogen-bond acceptors (Lipinski definition) is 3. The average Bonchev–Trinajstić information content (AvgIpc) is 2.28. The number of aldehydes is 1. The van der Waals surface area contributed by atoms with Crippen LogP contribution in [0.15, 0.2) is 24.3 Å². The van der Waals surface area contributed by atoms with E-state index in [4.69, 9.17) is 4.74 Å². The highest BCUT2D eigenvalue weighted by Gasteiger charge is 1.97. The molecule has 0 unspecified atom stereocenters. The highest BCUT2D eigenvalue weighted by molar-refractivity contribution is 5.75. The molecular formula is C13H16O3. The molecule has 0 atom stereocenters. The molecule has 16 heavy (non-hydrogen) atoms. The SMILES string of the molecule is CC(=O)CCCCOc1cccc(C=O)c1. The number of carbonyl (C=O) groups is 2. The van der Waals surface area contributed by atoms with Gasteiger partial charge in [0.1, 0.15) is 17.8 Å². The largest absolute Gasteiger partial charge is 0.494 e. The minimum absolute atomic E-state index is 0.211. The summed E-state index contributed by atoms with van der Waals surface area (Å²) < 4.78 is 5.46. The lowest BCUT2D eigenvalue weighted by Crippen LogP contribution is -1.99. The Morgan fingerprint density at radius 2 is 2.19 bits per heavy atom. The Bertz CT molecular complexity index is 358. The first kappa shape index (κ1) is 12.4. The van der Waals surface area contributed by atoms with Crippen molar-refractivity contribution in [3.63, 3.8) is 0 Å². The van der Waals surface area contributed by atoms with Crippen molar-refractivity contribution in [2.45, 2.75) is 26.2 Å². The van der Waals surface area contributed by atoms with E-state index in [-0.39, 0.29) is 5.78 Å². The number of benzene rings is 1. The first-order valence-corrected chi connectivity index (χ1v) is 5.40. The van der Waals surface area contributed by atoms with Crippen LogP contribution in [0.4, 0.5) is 0 Å². The Kier molecular flexibility index (Phi) is 5.26. The van der Waals surface area contributed by atoms with Gasteiger partial charge >= 0.3 is 0 Å². The van der Waals surface area contributed by atoms with Gasteiger partial charge in [0.05, 0.1) is 6.61 Å². The molecule has 0 N–H and O–H groups in total. The highest BCUT2D eigenvalue weighted by atomic mass is 16.5. The van der Waals surface area contributed by atoms with Crippen molar-refractivity contribution in [3.05, 3.63) is 29.8 Å². The quantitative estimate of drug-likeness (QED) is 0.524. The van der Waals surface area contributed by atoms with Crippen molar-refractivity contribution in [2.24, 2.45) is 0 Å². The second-order valence-electron chi connectivity index (χ2n) is 3.70. The molecule has 0 aliphatic heterocycles. The average molecular weight is 220 g/mol. The number of unbranched alkanes of at least 4 members (excludes halogenated alkanes) is 1. The summed E-state index contributed by atoms with van der Waals surface area (Å²) in [6.07, 6.45) is 3.11. The van der Waals surface area contributed by atoms with E-state index >= 15 is 0 Å². The number of carbonyl (C=O) groups excluding carboxylic acids is 2. The maximum atomic E-state index is 10.7. The van der Waals surface area contributed by atoms with Gasteiger partial charge in [0, 0.05) is 12.0 Å². The summed E-state index contributed by atoms with van der Waals surface area (Å²) in [5, 5.41) is 0. The number of rotatable bonds is 7. The standard InChI is InChI=1S/C13H16O3/c1-11(15)5-2-3-8-16-13-7-4-6-12(9-13)10-14/h4,6-7,9-10H,2-3,5,8H2,1H3. The molecule has 1 aromatic rings. The zero-order valence-corrected chi connectivity index (χ0v) is 9.44. The molecule has 0 saturated heterocycles. The van der Waals surface area contributed by atoms with Crippen LogP contribution in [0, 0.1) is 0 Å². The molecule has 1 aromatic carbocycles. The van der Waals surface area contributed by atoms with E-state index in [1.807, 2.05) is 6.07 Å². The molecule has 0 amide bonds. The lowest BCUT2D eigenvalue weighted by molar-refractivity contribution is -0.117. The topological polar surface area (TPSA) is 43.4 Å². The van der Waals surface area contributed by atoms with Crippen LogP contribution in [0.3, 0.4) is 0 Å². The van der Waals surface area contributed by atoms with Crippen molar-refractivity contribution < 1.29 is 14.3 Å². The molecular weight excluding hydrogens is 204 g/mol. The molecule has 0 spiro atoms. The third kappa shape index (κ3) is 4.73. The van der Waals surface area contributed by atoms with Crippen LogP contribution >= 0.6 is 0 Å². The molecule has 0 bridgehead atoms. The summed E-state index contributed by atoms with van der Waals surface area (Å²) in [7, 11) is 0. The Labute approximate surface area is 95.4 Å². The molecule has 0 saturated carbocycles. The molecule has 3 nitrogen and oxygen atoms in total. The molecule has 0 heterocycles. The molecule has 0 aliphatic rings. The summed E-state index contributed by atoms with van der Waals surface area (Å²) in [6.45, 7) is 2.17. The van der Waals surface area contributed by atoms with E-state index in [1.54, 1.807) is 25.1 Å². The maximum Gasteiger partial charge on any atom is 0.150 e. The molecule has 1 rings (SSSR count). The highest BCUT2D eigenvalue weighted by Crippen LogP contribution is 2.12. The molecule has 0 aromatic heterocycles. The summed E-state index contributed by atoms with van der Waals surface area (Å²) in [6, 6.07) is 7.04. The maximum absolute atomic E-state index is 10.7. The number of ketones is 1. The Morgan fingerprint density at radius 3 is 2.88 bits per heavy atom. The van der Waals surface area contributed by atoms with Crippen LogP contribution in [0.25, 0.3) is 0 Å². The van der Waals surface area contributed by atoms with E-state index in [0.717, 1.165) is 19.1 Å². The predicted molar refractivity (Wildman–Crippen MR) is 61.9 cm³/mol. The van der Waals surface area contributed by atoms with E-state index in [1.165, 1.54) is 0 Å². The monoisotopic (exact) mass is 220 g/mol. The van der Waals surface area contributed by atoms with Gasteiger partial charge in [-0.25, -0.2) is 0 Å². The van der Waals surface area contributed by atoms with Crippen LogP contribution in [0.5, 0.6) is 5.75 Å². The van der Waals surface area contributed by atoms with Crippen molar-refractivity contribution in [1.82, 2.24) is 0 Å². The minimum Gasteiger partial charge on any atom is -0.494 e. The smallest absolute Gasteiger partial charge is 0.150 e. The summed E-state index contributed by atoms with van der Waals surface area (Å²) in [4.78, 5) is 21.2. The fourth-order valence-electron chi connectivity index (χ4n) is 1.34. The van der Waals surface area contributed by atoms with E-state index in [2.05, 4.69) is 0 Å². The molecule has 0 aliphatic carbocycles. The van der Waals surface area contributed by atoms with Gasteiger partial charge < -0.3 is 9.53 Å². The lowest BCUT2D eigenvalue weighted by atomic mass is 10.2. The van der Waals surface area contributed by atoms with Crippen molar-refractivity contribution in [3.8, 4) is 5.75 Å². The Balaban J connectivity index is 2.26. The zero-order valence-electron chi connectivity index (χ0n) is 9.44. The summed E-state index contributed by atoms with van der Waals surface area (Å²) in [5.74, 6) is 0.912. The first-order chi connectivity index (χ1) is 7.72. The van der Waals surface area contributed by atoms with Gasteiger partial charge in [0.2, 0.25) is 0 Å². The molecule has 3 heteroatoms. The van der Waals surface area contributed by atoms with Gasteiger partial charge in [-0.2, -0.15) is 0 Å². The van der Waals surface area contributed by atoms with E-state index in [9.17, 15) is 9.59 Å². The second kappa shape index (κ2) is 6.77. The van der Waals surface area contributed by atoms with Crippen LogP contribution in [-0.2, 0) is 4.79 Å². The summed E-state index contributed by atoms with van der Waals surface area (Å²) in [5.41, 5.74) is 0.612. The molecule has 0 radical (unpaired) electrons. The van der Waals surface area contributed by atoms with Crippen molar-refractivity contribution >= 4 is 12.1 Å². The minimum atomic E-state index is 0.211. The molecule has 0 fully saturated rings. The van der Waals surface area contributed by atoms with Gasteiger partial charge in [-0.05, 0) is 31.9 Å². The van der Waals surface area contributed by atoms with E-state index < -0.39 is 0 Å². The van der Waals surface area contributed by atoms with Crippen molar-refractivity contribution in [1.29, 1.82) is 0 Å². The van der Waals surface area contributed by atoms with Gasteiger partial charge in [0.25, 0.3) is 0 Å². The van der Waals surface area contributed by atoms with Crippen molar-refractivity contribution in [2.75, 3.05) is 6.61 Å². The fraction of sp³-hybridized carbons (Fsp3) is 0.385. The van der Waals surface area contributed by atoms with Crippen LogP contribution in [0.1, 0.15) is 36.5 Å². The Morgan fingerprint density at radius 1 is 1.38 bits per heavy atom. The normalized spacial score (nSPS) is 9.81. The molecule has 86 valence electrons. The first-order valence-electron chi connectivity index (χ1n) is 5.40. The fourth-order valence-corrected chi connectivity index (χ4v) is 1.34. The van der Waals surface area contributed by atoms with Gasteiger partial charge in [-0.3, -0.25) is 4.79 Å². The van der Waals surface area contributed by atoms with Gasteiger partial charge in [0.15, 0.2) is 0 Å². The van der Waals surface area contributed by atoms with E-state index in [0.29, 0.717) is 24.3 Å². The summed E-state index contributed by atoms with van der Waals surface area (Å²) >= 11 is 0. The number of ether oxygens (including phenoxy) is 1. The van der Waals surface area contributed by atoms with Crippen LogP contribution in [0.2, 0.25) is 0 Å². The van der Waals surface area contributed by atoms with Crippen LogP contribution < -0.4 is 4.74 Å². The number of Topliss-reactive ketones (excluding diaryl/α,β-unsaturated/α-hetero) is 1. The number of hydrogen-bond donors (Lipinski definition) is 0. The third-order valence-electron chi connectivity index (χ3n) is 2.19. The van der Waals surface area contributed by atoms with Crippen LogP contribution in [-0.4, -0.2) is 18.7 Å².